The largest absolute Gasteiger partial charge is 0.481 e. The van der Waals surface area contributed by atoms with Gasteiger partial charge < -0.3 is 19.3 Å². The van der Waals surface area contributed by atoms with Crippen molar-refractivity contribution in [2.45, 2.75) is 45.7 Å². The van der Waals surface area contributed by atoms with Gasteiger partial charge >= 0.3 is 5.97 Å². The highest BCUT2D eigenvalue weighted by Crippen LogP contribution is 2.32. The topological polar surface area (TPSA) is 84.7 Å². The van der Waals surface area contributed by atoms with Crippen molar-refractivity contribution in [2.24, 2.45) is 5.92 Å². The van der Waals surface area contributed by atoms with Crippen molar-refractivity contribution in [3.05, 3.63) is 77.9 Å². The van der Waals surface area contributed by atoms with E-state index in [1.54, 1.807) is 17.8 Å². The fourth-order valence-corrected chi connectivity index (χ4v) is 4.17. The first-order chi connectivity index (χ1) is 15.9. The molecule has 1 amide bonds. The highest BCUT2D eigenvalue weighted by molar-refractivity contribution is 5.79. The van der Waals surface area contributed by atoms with Gasteiger partial charge in [0.05, 0.1) is 30.4 Å². The number of aliphatic carboxylic acids is 1. The van der Waals surface area contributed by atoms with E-state index in [1.165, 1.54) is 0 Å². The molecule has 2 unspecified atom stereocenters. The van der Waals surface area contributed by atoms with Gasteiger partial charge in [-0.15, -0.1) is 0 Å². The summed E-state index contributed by atoms with van der Waals surface area (Å²) < 4.78 is 7.74. The van der Waals surface area contributed by atoms with Gasteiger partial charge in [0.25, 0.3) is 0 Å². The van der Waals surface area contributed by atoms with Crippen LogP contribution in [0.25, 0.3) is 0 Å². The van der Waals surface area contributed by atoms with E-state index in [1.807, 2.05) is 66.6 Å². The SMILES string of the molecule is Cc1ccccc1Oc1ccc(CC(=O)N2CCCC2c2cn(CC(C)C(=O)O)cn2)cc1. The molecule has 172 valence electrons. The number of hydrogen-bond acceptors (Lipinski definition) is 4. The van der Waals surface area contributed by atoms with Gasteiger partial charge in [0, 0.05) is 19.3 Å². The number of nitrogens with zero attached hydrogens (tertiary/aromatic N) is 3. The predicted molar refractivity (Wildman–Crippen MR) is 124 cm³/mol. The van der Waals surface area contributed by atoms with Gasteiger partial charge in [-0.2, -0.15) is 0 Å². The average Bonchev–Trinajstić information content (AvgIpc) is 3.46. The normalized spacial score (nSPS) is 16.5. The van der Waals surface area contributed by atoms with Crippen LogP contribution in [0.4, 0.5) is 0 Å². The van der Waals surface area contributed by atoms with Gasteiger partial charge in [0.15, 0.2) is 0 Å². The van der Waals surface area contributed by atoms with Gasteiger partial charge in [-0.25, -0.2) is 4.98 Å². The number of amides is 1. The number of imidazole rings is 1. The summed E-state index contributed by atoms with van der Waals surface area (Å²) in [6.07, 6.45) is 5.63. The van der Waals surface area contributed by atoms with E-state index in [0.717, 1.165) is 41.2 Å². The van der Waals surface area contributed by atoms with Crippen LogP contribution in [-0.2, 0) is 22.6 Å². The number of para-hydroxylation sites is 1. The third kappa shape index (κ3) is 5.42. The first kappa shape index (κ1) is 22.6. The second-order valence-corrected chi connectivity index (χ2v) is 8.67. The lowest BCUT2D eigenvalue weighted by molar-refractivity contribution is -0.141. The smallest absolute Gasteiger partial charge is 0.308 e. The quantitative estimate of drug-likeness (QED) is 0.545. The second-order valence-electron chi connectivity index (χ2n) is 8.67. The van der Waals surface area contributed by atoms with E-state index in [0.29, 0.717) is 19.5 Å². The van der Waals surface area contributed by atoms with Crippen LogP contribution in [0.5, 0.6) is 11.5 Å². The molecule has 0 radical (unpaired) electrons. The van der Waals surface area contributed by atoms with Crippen molar-refractivity contribution in [3.63, 3.8) is 0 Å². The third-order valence-electron chi connectivity index (χ3n) is 6.07. The molecule has 0 bridgehead atoms. The molecule has 0 saturated carbocycles. The second kappa shape index (κ2) is 9.90. The van der Waals surface area contributed by atoms with Gasteiger partial charge in [-0.3, -0.25) is 9.59 Å². The van der Waals surface area contributed by atoms with E-state index in [2.05, 4.69) is 4.98 Å². The minimum absolute atomic E-state index is 0.0671. The Kier molecular flexibility index (Phi) is 6.77. The van der Waals surface area contributed by atoms with Gasteiger partial charge in [0.1, 0.15) is 11.5 Å². The number of hydrogen-bond donors (Lipinski definition) is 1. The van der Waals surface area contributed by atoms with Crippen molar-refractivity contribution in [2.75, 3.05) is 6.54 Å². The molecule has 1 aromatic heterocycles. The molecular weight excluding hydrogens is 418 g/mol. The Morgan fingerprint density at radius 1 is 1.18 bits per heavy atom. The van der Waals surface area contributed by atoms with Crippen LogP contribution in [0.1, 0.15) is 42.6 Å². The van der Waals surface area contributed by atoms with Gasteiger partial charge in [0.2, 0.25) is 5.91 Å². The Morgan fingerprint density at radius 3 is 2.67 bits per heavy atom. The van der Waals surface area contributed by atoms with Crippen molar-refractivity contribution >= 4 is 11.9 Å². The summed E-state index contributed by atoms with van der Waals surface area (Å²) in [5, 5.41) is 9.13. The summed E-state index contributed by atoms with van der Waals surface area (Å²) >= 11 is 0. The number of carbonyl (C=O) groups excluding carboxylic acids is 1. The number of aromatic nitrogens is 2. The number of likely N-dealkylation sites (tertiary alicyclic amines) is 1. The molecule has 1 saturated heterocycles. The minimum atomic E-state index is -0.835. The van der Waals surface area contributed by atoms with Crippen LogP contribution in [0.15, 0.2) is 61.1 Å². The van der Waals surface area contributed by atoms with E-state index >= 15 is 0 Å². The monoisotopic (exact) mass is 447 g/mol. The van der Waals surface area contributed by atoms with Crippen molar-refractivity contribution in [1.29, 1.82) is 0 Å². The van der Waals surface area contributed by atoms with Crippen molar-refractivity contribution in [3.8, 4) is 11.5 Å². The Balaban J connectivity index is 1.38. The average molecular weight is 448 g/mol. The number of benzene rings is 2. The zero-order valence-corrected chi connectivity index (χ0v) is 19.0. The molecule has 7 nitrogen and oxygen atoms in total. The minimum Gasteiger partial charge on any atom is -0.481 e. The van der Waals surface area contributed by atoms with E-state index < -0.39 is 11.9 Å². The van der Waals surface area contributed by atoms with Crippen LogP contribution < -0.4 is 4.74 Å². The maximum Gasteiger partial charge on any atom is 0.308 e. The molecule has 1 aliphatic rings. The van der Waals surface area contributed by atoms with E-state index in [9.17, 15) is 9.59 Å². The number of aryl methyl sites for hydroxylation is 1. The molecule has 33 heavy (non-hydrogen) atoms. The first-order valence-corrected chi connectivity index (χ1v) is 11.3. The lowest BCUT2D eigenvalue weighted by Gasteiger charge is -2.23. The molecule has 3 aromatic rings. The zero-order valence-electron chi connectivity index (χ0n) is 19.0. The molecule has 0 spiro atoms. The molecule has 2 heterocycles. The van der Waals surface area contributed by atoms with Crippen LogP contribution in [0.3, 0.4) is 0 Å². The van der Waals surface area contributed by atoms with E-state index in [-0.39, 0.29) is 11.9 Å². The van der Waals surface area contributed by atoms with Crippen LogP contribution >= 0.6 is 0 Å². The summed E-state index contributed by atoms with van der Waals surface area (Å²) in [5.41, 5.74) is 2.82. The van der Waals surface area contributed by atoms with Crippen LogP contribution in [0, 0.1) is 12.8 Å². The summed E-state index contributed by atoms with van der Waals surface area (Å²) in [5.74, 6) is 0.294. The predicted octanol–water partition coefficient (Wildman–Crippen LogP) is 4.61. The Labute approximate surface area is 193 Å². The van der Waals surface area contributed by atoms with Crippen molar-refractivity contribution in [1.82, 2.24) is 14.5 Å². The molecule has 0 aliphatic carbocycles. The zero-order chi connectivity index (χ0) is 23.4. The third-order valence-corrected chi connectivity index (χ3v) is 6.07. The summed E-state index contributed by atoms with van der Waals surface area (Å²) in [7, 11) is 0. The summed E-state index contributed by atoms with van der Waals surface area (Å²) in [6, 6.07) is 15.4. The molecule has 4 rings (SSSR count). The Bertz CT molecular complexity index is 1120. The fourth-order valence-electron chi connectivity index (χ4n) is 4.17. The Hall–Kier alpha value is -3.61. The van der Waals surface area contributed by atoms with Crippen LogP contribution in [-0.4, -0.2) is 38.0 Å². The van der Waals surface area contributed by atoms with Gasteiger partial charge in [-0.1, -0.05) is 37.3 Å². The molecule has 2 atom stereocenters. The molecule has 1 N–H and O–H groups in total. The summed E-state index contributed by atoms with van der Waals surface area (Å²) in [4.78, 5) is 30.6. The number of ether oxygens (including phenoxy) is 1. The lowest BCUT2D eigenvalue weighted by atomic mass is 10.1. The molecule has 2 aromatic carbocycles. The maximum absolute atomic E-state index is 13.1. The highest BCUT2D eigenvalue weighted by Gasteiger charge is 2.31. The summed E-state index contributed by atoms with van der Waals surface area (Å²) in [6.45, 7) is 4.74. The highest BCUT2D eigenvalue weighted by atomic mass is 16.5. The number of carboxylic acids is 1. The number of carbonyl (C=O) groups is 2. The first-order valence-electron chi connectivity index (χ1n) is 11.3. The van der Waals surface area contributed by atoms with Crippen LogP contribution in [0.2, 0.25) is 0 Å². The maximum atomic E-state index is 13.1. The number of carboxylic acid groups (broad SMARTS) is 1. The molecular formula is C26H29N3O4. The fraction of sp³-hybridized carbons (Fsp3) is 0.346. The lowest BCUT2D eigenvalue weighted by Crippen LogP contribution is -2.32. The number of rotatable bonds is 8. The standard InChI is InChI=1S/C26H29N3O4/c1-18-6-3-4-8-24(18)33-21-11-9-20(10-12-21)14-25(30)29-13-5-7-23(29)22-16-28(17-27-22)15-19(2)26(31)32/h3-4,6,8-12,16-17,19,23H,5,7,13-15H2,1-2H3,(H,31,32). The molecule has 1 aliphatic heterocycles. The van der Waals surface area contributed by atoms with Crippen molar-refractivity contribution < 1.29 is 19.4 Å². The Morgan fingerprint density at radius 2 is 1.94 bits per heavy atom. The van der Waals surface area contributed by atoms with E-state index in [4.69, 9.17) is 9.84 Å². The van der Waals surface area contributed by atoms with Gasteiger partial charge in [-0.05, 0) is 49.1 Å². The molecule has 7 heteroatoms. The molecule has 1 fully saturated rings.